The average molecular weight is 289 g/mol. The lowest BCUT2D eigenvalue weighted by atomic mass is 9.99. The van der Waals surface area contributed by atoms with Gasteiger partial charge in [-0.3, -0.25) is 4.79 Å². The summed E-state index contributed by atoms with van der Waals surface area (Å²) in [5.74, 6) is -0.879. The first kappa shape index (κ1) is 13.1. The number of carbonyl (C=O) groups is 1. The van der Waals surface area contributed by atoms with Crippen molar-refractivity contribution in [3.05, 3.63) is 28.5 Å². The molecule has 88 valence electrons. The zero-order valence-corrected chi connectivity index (χ0v) is 10.8. The fourth-order valence-corrected chi connectivity index (χ4v) is 1.38. The van der Waals surface area contributed by atoms with Crippen molar-refractivity contribution in [2.75, 3.05) is 5.32 Å². The quantitative estimate of drug-likeness (QED) is 0.898. The molecule has 1 unspecified atom stereocenters. The van der Waals surface area contributed by atoms with Crippen molar-refractivity contribution >= 4 is 27.5 Å². The van der Waals surface area contributed by atoms with Gasteiger partial charge in [-0.1, -0.05) is 22.9 Å². The topological polar surface area (TPSA) is 55.1 Å². The molecule has 5 heteroatoms. The monoisotopic (exact) mass is 288 g/mol. The Morgan fingerprint density at radius 1 is 1.62 bits per heavy atom. The fraction of sp³-hybridized carbons (Fsp3) is 0.364. The number of halogens is 2. The summed E-state index contributed by atoms with van der Waals surface area (Å²) in [6.45, 7) is 3.41. The van der Waals surface area contributed by atoms with Crippen molar-refractivity contribution in [3.63, 3.8) is 0 Å². The van der Waals surface area contributed by atoms with Gasteiger partial charge in [0.2, 0.25) is 5.91 Å². The smallest absolute Gasteiger partial charge is 0.244 e. The molecule has 0 aliphatic carbocycles. The van der Waals surface area contributed by atoms with Crippen molar-refractivity contribution in [1.82, 2.24) is 0 Å². The Kier molecular flexibility index (Phi) is 4.04. The third-order valence-electron chi connectivity index (χ3n) is 2.43. The highest BCUT2D eigenvalue weighted by Crippen LogP contribution is 2.21. The molecule has 16 heavy (non-hydrogen) atoms. The van der Waals surface area contributed by atoms with E-state index in [4.69, 9.17) is 5.73 Å². The van der Waals surface area contributed by atoms with Crippen LogP contribution in [0.3, 0.4) is 0 Å². The fourth-order valence-electron chi connectivity index (χ4n) is 1.02. The van der Waals surface area contributed by atoms with Gasteiger partial charge in [-0.15, -0.1) is 0 Å². The molecule has 1 atom stereocenters. The number of amides is 1. The van der Waals surface area contributed by atoms with E-state index in [1.807, 2.05) is 0 Å². The molecule has 1 amide bonds. The number of nitrogens with one attached hydrogen (secondary N) is 1. The Hall–Kier alpha value is -0.940. The van der Waals surface area contributed by atoms with Gasteiger partial charge in [0, 0.05) is 4.47 Å². The number of benzene rings is 1. The van der Waals surface area contributed by atoms with E-state index in [2.05, 4.69) is 21.2 Å². The molecule has 0 fully saturated rings. The highest BCUT2D eigenvalue weighted by atomic mass is 79.9. The zero-order valence-electron chi connectivity index (χ0n) is 9.18. The first-order valence-electron chi connectivity index (χ1n) is 4.92. The molecule has 3 N–H and O–H groups in total. The number of anilines is 1. The van der Waals surface area contributed by atoms with Gasteiger partial charge in [0.05, 0.1) is 11.2 Å². The van der Waals surface area contributed by atoms with Crippen LogP contribution in [0, 0.1) is 5.82 Å². The SMILES string of the molecule is CCC(C)(N)C(=O)Nc1cc(Br)ccc1F. The Balaban J connectivity index is 2.89. The van der Waals surface area contributed by atoms with Crippen LogP contribution < -0.4 is 11.1 Å². The van der Waals surface area contributed by atoms with Gasteiger partial charge in [-0.05, 0) is 31.5 Å². The molecule has 0 spiro atoms. The summed E-state index contributed by atoms with van der Waals surface area (Å²) in [5.41, 5.74) is 4.89. The van der Waals surface area contributed by atoms with Crippen LogP contribution in [0.2, 0.25) is 0 Å². The van der Waals surface area contributed by atoms with Crippen LogP contribution in [-0.4, -0.2) is 11.4 Å². The lowest BCUT2D eigenvalue weighted by Crippen LogP contribution is -2.47. The Morgan fingerprint density at radius 3 is 2.81 bits per heavy atom. The summed E-state index contributed by atoms with van der Waals surface area (Å²) in [6, 6.07) is 4.34. The minimum Gasteiger partial charge on any atom is -0.322 e. The van der Waals surface area contributed by atoms with Crippen LogP contribution in [0.4, 0.5) is 10.1 Å². The predicted molar refractivity (Wildman–Crippen MR) is 65.6 cm³/mol. The lowest BCUT2D eigenvalue weighted by Gasteiger charge is -2.21. The summed E-state index contributed by atoms with van der Waals surface area (Å²) in [5, 5.41) is 2.47. The number of carbonyl (C=O) groups excluding carboxylic acids is 1. The Morgan fingerprint density at radius 2 is 2.25 bits per heavy atom. The number of hydrogen-bond acceptors (Lipinski definition) is 2. The predicted octanol–water partition coefficient (Wildman–Crippen LogP) is 2.65. The van der Waals surface area contributed by atoms with E-state index < -0.39 is 17.3 Å². The second-order valence-electron chi connectivity index (χ2n) is 3.85. The maximum absolute atomic E-state index is 13.3. The van der Waals surface area contributed by atoms with E-state index in [1.54, 1.807) is 19.9 Å². The van der Waals surface area contributed by atoms with Gasteiger partial charge in [0.15, 0.2) is 0 Å². The van der Waals surface area contributed by atoms with Crippen molar-refractivity contribution in [2.24, 2.45) is 5.73 Å². The molecule has 3 nitrogen and oxygen atoms in total. The summed E-state index contributed by atoms with van der Waals surface area (Å²) >= 11 is 3.20. The van der Waals surface area contributed by atoms with E-state index in [-0.39, 0.29) is 5.69 Å². The third kappa shape index (κ3) is 3.02. The average Bonchev–Trinajstić information content (AvgIpc) is 2.23. The van der Waals surface area contributed by atoms with Gasteiger partial charge >= 0.3 is 0 Å². The number of hydrogen-bond donors (Lipinski definition) is 2. The first-order chi connectivity index (χ1) is 7.36. The highest BCUT2D eigenvalue weighted by Gasteiger charge is 2.26. The molecule has 1 aromatic rings. The molecule has 1 rings (SSSR count). The molecule has 0 saturated heterocycles. The summed E-state index contributed by atoms with van der Waals surface area (Å²) in [6.07, 6.45) is 0.481. The molecule has 0 aliphatic heterocycles. The van der Waals surface area contributed by atoms with Crippen molar-refractivity contribution in [2.45, 2.75) is 25.8 Å². The van der Waals surface area contributed by atoms with Gasteiger partial charge in [-0.25, -0.2) is 4.39 Å². The standard InChI is InChI=1S/C11H14BrFN2O/c1-3-11(2,14)10(16)15-9-6-7(12)4-5-8(9)13/h4-6H,3,14H2,1-2H3,(H,15,16). The molecule has 0 saturated carbocycles. The minimum atomic E-state index is -0.991. The van der Waals surface area contributed by atoms with Crippen LogP contribution in [0.1, 0.15) is 20.3 Å². The number of nitrogens with two attached hydrogens (primary N) is 1. The van der Waals surface area contributed by atoms with Gasteiger partial charge in [-0.2, -0.15) is 0 Å². The normalized spacial score (nSPS) is 14.3. The van der Waals surface area contributed by atoms with E-state index in [0.29, 0.717) is 10.9 Å². The van der Waals surface area contributed by atoms with E-state index in [0.717, 1.165) is 0 Å². The summed E-state index contributed by atoms with van der Waals surface area (Å²) < 4.78 is 14.0. The minimum absolute atomic E-state index is 0.129. The second-order valence-corrected chi connectivity index (χ2v) is 4.76. The molecule has 1 aromatic carbocycles. The van der Waals surface area contributed by atoms with Crippen LogP contribution in [0.5, 0.6) is 0 Å². The maximum Gasteiger partial charge on any atom is 0.244 e. The second kappa shape index (κ2) is 4.93. The van der Waals surface area contributed by atoms with Crippen molar-refractivity contribution < 1.29 is 9.18 Å². The van der Waals surface area contributed by atoms with Crippen molar-refractivity contribution in [3.8, 4) is 0 Å². The molecule has 0 aromatic heterocycles. The molecule has 0 radical (unpaired) electrons. The largest absolute Gasteiger partial charge is 0.322 e. The van der Waals surface area contributed by atoms with Crippen LogP contribution in [0.15, 0.2) is 22.7 Å². The highest BCUT2D eigenvalue weighted by molar-refractivity contribution is 9.10. The van der Waals surface area contributed by atoms with Crippen LogP contribution in [-0.2, 0) is 4.79 Å². The maximum atomic E-state index is 13.3. The van der Waals surface area contributed by atoms with E-state index >= 15 is 0 Å². The summed E-state index contributed by atoms with van der Waals surface area (Å²) in [7, 11) is 0. The van der Waals surface area contributed by atoms with E-state index in [9.17, 15) is 9.18 Å². The summed E-state index contributed by atoms with van der Waals surface area (Å²) in [4.78, 5) is 11.7. The van der Waals surface area contributed by atoms with Crippen LogP contribution in [0.25, 0.3) is 0 Å². The zero-order chi connectivity index (χ0) is 12.3. The van der Waals surface area contributed by atoms with Gasteiger partial charge in [0.1, 0.15) is 5.82 Å². The molecule has 0 bridgehead atoms. The molecular weight excluding hydrogens is 275 g/mol. The Labute approximate surface area is 102 Å². The van der Waals surface area contributed by atoms with E-state index in [1.165, 1.54) is 12.1 Å². The van der Waals surface area contributed by atoms with Gasteiger partial charge < -0.3 is 11.1 Å². The van der Waals surface area contributed by atoms with Crippen molar-refractivity contribution in [1.29, 1.82) is 0 Å². The van der Waals surface area contributed by atoms with Crippen LogP contribution >= 0.6 is 15.9 Å². The number of rotatable bonds is 3. The molecule has 0 heterocycles. The lowest BCUT2D eigenvalue weighted by molar-refractivity contribution is -0.120. The molecular formula is C11H14BrFN2O. The first-order valence-corrected chi connectivity index (χ1v) is 5.71. The molecule has 0 aliphatic rings. The third-order valence-corrected chi connectivity index (χ3v) is 2.92. The Bertz CT molecular complexity index is 407. The van der Waals surface area contributed by atoms with Gasteiger partial charge in [0.25, 0.3) is 0 Å².